The number of carbonyl (C=O) groups excluding carboxylic acids is 1. The van der Waals surface area contributed by atoms with Crippen molar-refractivity contribution in [2.45, 2.75) is 6.92 Å². The van der Waals surface area contributed by atoms with E-state index in [1.54, 1.807) is 12.1 Å². The summed E-state index contributed by atoms with van der Waals surface area (Å²) in [5.41, 5.74) is 3.40. The standard InChI is InChI=1S/C22H24ClN3O2/c1-15-22(21(28)14-25-11-9-24(2)10-12-25)19-13-18(27)7-8-20(19)26(15)17-5-3-16(23)4-6-17/h3-8,13,27H,9-12,14H2,1-2H3. The Hall–Kier alpha value is -2.34. The minimum Gasteiger partial charge on any atom is -0.508 e. The highest BCUT2D eigenvalue weighted by atomic mass is 35.5. The highest BCUT2D eigenvalue weighted by Crippen LogP contribution is 2.32. The number of hydrogen-bond acceptors (Lipinski definition) is 4. The third-order valence-electron chi connectivity index (χ3n) is 5.51. The number of benzene rings is 2. The van der Waals surface area contributed by atoms with Crippen molar-refractivity contribution >= 4 is 28.3 Å². The van der Waals surface area contributed by atoms with Gasteiger partial charge in [0.15, 0.2) is 5.78 Å². The zero-order chi connectivity index (χ0) is 19.8. The molecule has 1 aliphatic heterocycles. The van der Waals surface area contributed by atoms with Crippen LogP contribution in [0.5, 0.6) is 5.75 Å². The predicted molar refractivity (Wildman–Crippen MR) is 113 cm³/mol. The summed E-state index contributed by atoms with van der Waals surface area (Å²) in [7, 11) is 2.10. The van der Waals surface area contributed by atoms with Gasteiger partial charge in [0.1, 0.15) is 5.75 Å². The van der Waals surface area contributed by atoms with Gasteiger partial charge in [-0.1, -0.05) is 11.6 Å². The van der Waals surface area contributed by atoms with Crippen molar-refractivity contribution < 1.29 is 9.90 Å². The molecule has 0 unspecified atom stereocenters. The molecule has 0 radical (unpaired) electrons. The molecule has 1 aliphatic rings. The summed E-state index contributed by atoms with van der Waals surface area (Å²) < 4.78 is 2.06. The molecule has 0 aliphatic carbocycles. The number of fused-ring (bicyclic) bond motifs is 1. The molecule has 1 N–H and O–H groups in total. The highest BCUT2D eigenvalue weighted by Gasteiger charge is 2.24. The maximum Gasteiger partial charge on any atom is 0.179 e. The Labute approximate surface area is 169 Å². The second-order valence-corrected chi connectivity index (χ2v) is 7.91. The largest absolute Gasteiger partial charge is 0.508 e. The molecule has 3 aromatic rings. The zero-order valence-electron chi connectivity index (χ0n) is 16.2. The second-order valence-electron chi connectivity index (χ2n) is 7.48. The summed E-state index contributed by atoms with van der Waals surface area (Å²) in [6.45, 7) is 6.08. The van der Waals surface area contributed by atoms with E-state index in [0.717, 1.165) is 48.5 Å². The van der Waals surface area contributed by atoms with E-state index in [1.807, 2.05) is 37.3 Å². The van der Waals surface area contributed by atoms with Gasteiger partial charge < -0.3 is 14.6 Å². The number of nitrogens with zero attached hydrogens (tertiary/aromatic N) is 3. The van der Waals surface area contributed by atoms with E-state index in [-0.39, 0.29) is 11.5 Å². The van der Waals surface area contributed by atoms with Crippen LogP contribution in [-0.2, 0) is 0 Å². The molecule has 28 heavy (non-hydrogen) atoms. The molecule has 2 heterocycles. The number of carbonyl (C=O) groups is 1. The van der Waals surface area contributed by atoms with Crippen molar-refractivity contribution in [3.63, 3.8) is 0 Å². The van der Waals surface area contributed by atoms with Crippen molar-refractivity contribution in [3.05, 3.63) is 58.7 Å². The van der Waals surface area contributed by atoms with Crippen molar-refractivity contribution in [1.29, 1.82) is 0 Å². The molecule has 6 heteroatoms. The first-order valence-electron chi connectivity index (χ1n) is 9.48. The molecule has 146 valence electrons. The minimum atomic E-state index is 0.0883. The molecule has 2 aromatic carbocycles. The third-order valence-corrected chi connectivity index (χ3v) is 5.77. The maximum atomic E-state index is 13.3. The van der Waals surface area contributed by atoms with Crippen LogP contribution in [0, 0.1) is 6.92 Å². The van der Waals surface area contributed by atoms with Gasteiger partial charge in [0, 0.05) is 53.5 Å². The molecule has 1 aromatic heterocycles. The molecule has 0 spiro atoms. The van der Waals surface area contributed by atoms with E-state index in [0.29, 0.717) is 17.1 Å². The Morgan fingerprint density at radius 3 is 2.43 bits per heavy atom. The fourth-order valence-electron chi connectivity index (χ4n) is 3.97. The van der Waals surface area contributed by atoms with Crippen molar-refractivity contribution in [3.8, 4) is 11.4 Å². The normalized spacial score (nSPS) is 16.0. The number of phenols is 1. The fourth-order valence-corrected chi connectivity index (χ4v) is 4.10. The molecule has 4 rings (SSSR count). The van der Waals surface area contributed by atoms with Crippen molar-refractivity contribution in [2.75, 3.05) is 39.8 Å². The summed E-state index contributed by atoms with van der Waals surface area (Å²) in [6, 6.07) is 12.8. The highest BCUT2D eigenvalue weighted by molar-refractivity contribution is 6.30. The Bertz CT molecular complexity index is 1020. The van der Waals surface area contributed by atoms with E-state index in [1.165, 1.54) is 0 Å². The summed E-state index contributed by atoms with van der Waals surface area (Å²) in [4.78, 5) is 17.7. The Morgan fingerprint density at radius 1 is 1.07 bits per heavy atom. The summed E-state index contributed by atoms with van der Waals surface area (Å²) in [6.07, 6.45) is 0. The summed E-state index contributed by atoms with van der Waals surface area (Å²) in [5, 5.41) is 11.5. The number of piperazine rings is 1. The first-order chi connectivity index (χ1) is 13.4. The number of Topliss-reactive ketones (excluding diaryl/α,β-unsaturated/α-hetero) is 1. The molecule has 5 nitrogen and oxygen atoms in total. The predicted octanol–water partition coefficient (Wildman–Crippen LogP) is 3.73. The number of hydrogen-bond donors (Lipinski definition) is 1. The molecule has 0 amide bonds. The van der Waals surface area contributed by atoms with Crippen LogP contribution in [-0.4, -0.2) is 65.0 Å². The van der Waals surface area contributed by atoms with Gasteiger partial charge in [0.2, 0.25) is 0 Å². The van der Waals surface area contributed by atoms with Gasteiger partial charge in [0.25, 0.3) is 0 Å². The van der Waals surface area contributed by atoms with E-state index in [9.17, 15) is 9.90 Å². The van der Waals surface area contributed by atoms with Crippen LogP contribution in [0.3, 0.4) is 0 Å². The molecule has 1 saturated heterocycles. The molecule has 0 saturated carbocycles. The first kappa shape index (κ1) is 19.0. The summed E-state index contributed by atoms with van der Waals surface area (Å²) >= 11 is 6.05. The lowest BCUT2D eigenvalue weighted by Crippen LogP contribution is -2.46. The maximum absolute atomic E-state index is 13.3. The second kappa shape index (κ2) is 7.59. The van der Waals surface area contributed by atoms with Crippen LogP contribution in [0.4, 0.5) is 0 Å². The zero-order valence-corrected chi connectivity index (χ0v) is 16.9. The Balaban J connectivity index is 1.77. The number of likely N-dealkylation sites (N-methyl/N-ethyl adjacent to an activating group) is 1. The van der Waals surface area contributed by atoms with Gasteiger partial charge in [0.05, 0.1) is 12.1 Å². The van der Waals surface area contributed by atoms with Gasteiger partial charge in [-0.05, 0) is 56.4 Å². The average Bonchev–Trinajstić information content (AvgIpc) is 2.95. The van der Waals surface area contributed by atoms with Gasteiger partial charge in [-0.3, -0.25) is 9.69 Å². The number of rotatable bonds is 4. The van der Waals surface area contributed by atoms with Crippen LogP contribution in [0.1, 0.15) is 16.1 Å². The van der Waals surface area contributed by atoms with Gasteiger partial charge >= 0.3 is 0 Å². The molecular formula is C22H24ClN3O2. The van der Waals surface area contributed by atoms with E-state index < -0.39 is 0 Å². The van der Waals surface area contributed by atoms with Crippen LogP contribution < -0.4 is 0 Å². The van der Waals surface area contributed by atoms with Gasteiger partial charge in [-0.15, -0.1) is 0 Å². The lowest BCUT2D eigenvalue weighted by atomic mass is 10.1. The van der Waals surface area contributed by atoms with Gasteiger partial charge in [-0.2, -0.15) is 0 Å². The minimum absolute atomic E-state index is 0.0883. The van der Waals surface area contributed by atoms with E-state index in [4.69, 9.17) is 11.6 Å². The third kappa shape index (κ3) is 3.53. The Kier molecular flexibility index (Phi) is 5.15. The monoisotopic (exact) mass is 397 g/mol. The molecular weight excluding hydrogens is 374 g/mol. The SMILES string of the molecule is Cc1c(C(=O)CN2CCN(C)CC2)c2cc(O)ccc2n1-c1ccc(Cl)cc1. The first-order valence-corrected chi connectivity index (χ1v) is 9.86. The smallest absolute Gasteiger partial charge is 0.179 e. The Morgan fingerprint density at radius 2 is 1.75 bits per heavy atom. The number of aromatic nitrogens is 1. The fraction of sp³-hybridized carbons (Fsp3) is 0.318. The number of aromatic hydroxyl groups is 1. The van der Waals surface area contributed by atoms with Crippen molar-refractivity contribution in [2.24, 2.45) is 0 Å². The van der Waals surface area contributed by atoms with Crippen LogP contribution >= 0.6 is 11.6 Å². The van der Waals surface area contributed by atoms with Crippen LogP contribution in [0.25, 0.3) is 16.6 Å². The van der Waals surface area contributed by atoms with Gasteiger partial charge in [-0.25, -0.2) is 0 Å². The number of phenolic OH excluding ortho intramolecular Hbond substituents is 1. The lowest BCUT2D eigenvalue weighted by molar-refractivity contribution is 0.0877. The molecule has 0 bridgehead atoms. The van der Waals surface area contributed by atoms with Crippen LogP contribution in [0.2, 0.25) is 5.02 Å². The quantitative estimate of drug-likeness (QED) is 0.681. The molecule has 0 atom stereocenters. The molecule has 1 fully saturated rings. The summed E-state index contributed by atoms with van der Waals surface area (Å²) in [5.74, 6) is 0.250. The number of halogens is 1. The average molecular weight is 398 g/mol. The van der Waals surface area contributed by atoms with E-state index in [2.05, 4.69) is 21.4 Å². The number of ketones is 1. The van der Waals surface area contributed by atoms with E-state index >= 15 is 0 Å². The van der Waals surface area contributed by atoms with Crippen LogP contribution in [0.15, 0.2) is 42.5 Å². The topological polar surface area (TPSA) is 48.7 Å². The van der Waals surface area contributed by atoms with Crippen molar-refractivity contribution in [1.82, 2.24) is 14.4 Å². The lowest BCUT2D eigenvalue weighted by Gasteiger charge is -2.31.